The average Bonchev–Trinajstić information content (AvgIpc) is 2.65. The zero-order valence-corrected chi connectivity index (χ0v) is 17.7. The fraction of sp³-hybridized carbons (Fsp3) is 0.600. The summed E-state index contributed by atoms with van der Waals surface area (Å²) in [6.07, 6.45) is 0. The van der Waals surface area contributed by atoms with Gasteiger partial charge in [0.15, 0.2) is 18.0 Å². The SMILES string of the molecule is COc1cc(C(=O)N2CC[NH+](CC(=O)NC(C)(C)C)CC2)cc(OC)c1OC. The number of nitrogens with one attached hydrogen (secondary N) is 2. The number of piperazine rings is 1. The molecule has 1 aromatic rings. The summed E-state index contributed by atoms with van der Waals surface area (Å²) in [5.41, 5.74) is 0.254. The Kier molecular flexibility index (Phi) is 7.12. The molecule has 0 radical (unpaired) electrons. The summed E-state index contributed by atoms with van der Waals surface area (Å²) in [4.78, 5) is 28.0. The first-order valence-corrected chi connectivity index (χ1v) is 9.42. The third-order valence-electron chi connectivity index (χ3n) is 4.59. The van der Waals surface area contributed by atoms with E-state index >= 15 is 0 Å². The van der Waals surface area contributed by atoms with Crippen LogP contribution in [0.25, 0.3) is 0 Å². The first-order valence-electron chi connectivity index (χ1n) is 9.42. The van der Waals surface area contributed by atoms with E-state index in [1.165, 1.54) is 26.2 Å². The molecule has 8 heteroatoms. The quantitative estimate of drug-likeness (QED) is 0.708. The van der Waals surface area contributed by atoms with Gasteiger partial charge < -0.3 is 29.3 Å². The molecule has 2 N–H and O–H groups in total. The lowest BCUT2D eigenvalue weighted by atomic mass is 10.1. The topological polar surface area (TPSA) is 81.5 Å². The van der Waals surface area contributed by atoms with Crippen LogP contribution in [0.2, 0.25) is 0 Å². The van der Waals surface area contributed by atoms with Crippen LogP contribution in [0.15, 0.2) is 12.1 Å². The van der Waals surface area contributed by atoms with E-state index in [2.05, 4.69) is 5.32 Å². The van der Waals surface area contributed by atoms with Crippen LogP contribution in [0.4, 0.5) is 0 Å². The first-order chi connectivity index (χ1) is 13.2. The second-order valence-corrected chi connectivity index (χ2v) is 7.93. The molecule has 0 atom stereocenters. The van der Waals surface area contributed by atoms with E-state index in [1.807, 2.05) is 20.8 Å². The monoisotopic (exact) mass is 394 g/mol. The van der Waals surface area contributed by atoms with Crippen LogP contribution in [0.1, 0.15) is 31.1 Å². The van der Waals surface area contributed by atoms with Gasteiger partial charge >= 0.3 is 0 Å². The van der Waals surface area contributed by atoms with Crippen molar-refractivity contribution in [3.63, 3.8) is 0 Å². The lowest BCUT2D eigenvalue weighted by Crippen LogP contribution is -3.16. The summed E-state index contributed by atoms with van der Waals surface area (Å²) in [6.45, 7) is 8.96. The maximum Gasteiger partial charge on any atom is 0.275 e. The third kappa shape index (κ3) is 5.51. The molecular formula is C20H32N3O5+. The second kappa shape index (κ2) is 9.14. The Hall–Kier alpha value is -2.48. The summed E-state index contributed by atoms with van der Waals surface area (Å²) < 4.78 is 16.0. The Morgan fingerprint density at radius 3 is 2.00 bits per heavy atom. The standard InChI is InChI=1S/C20H31N3O5/c1-20(2,3)21-17(24)13-22-7-9-23(10-8-22)19(25)14-11-15(26-4)18(28-6)16(12-14)27-5/h11-12H,7-10,13H2,1-6H3,(H,21,24)/p+1. The van der Waals surface area contributed by atoms with Crippen LogP contribution >= 0.6 is 0 Å². The fourth-order valence-corrected chi connectivity index (χ4v) is 3.28. The molecule has 0 saturated carbocycles. The van der Waals surface area contributed by atoms with Crippen LogP contribution in [-0.2, 0) is 4.79 Å². The second-order valence-electron chi connectivity index (χ2n) is 7.93. The van der Waals surface area contributed by atoms with Gasteiger partial charge in [0.1, 0.15) is 0 Å². The zero-order valence-electron chi connectivity index (χ0n) is 17.7. The third-order valence-corrected chi connectivity index (χ3v) is 4.59. The van der Waals surface area contributed by atoms with Crippen molar-refractivity contribution >= 4 is 11.8 Å². The summed E-state index contributed by atoms with van der Waals surface area (Å²) in [7, 11) is 4.58. The number of quaternary nitrogens is 1. The molecule has 0 aromatic heterocycles. The molecule has 1 heterocycles. The Morgan fingerprint density at radius 1 is 1.04 bits per heavy atom. The molecule has 0 unspecified atom stereocenters. The largest absolute Gasteiger partial charge is 0.493 e. The smallest absolute Gasteiger partial charge is 0.275 e. The molecule has 1 aliphatic heterocycles. The van der Waals surface area contributed by atoms with E-state index < -0.39 is 0 Å². The van der Waals surface area contributed by atoms with Crippen LogP contribution in [0.5, 0.6) is 17.2 Å². The maximum absolute atomic E-state index is 12.9. The highest BCUT2D eigenvalue weighted by atomic mass is 16.5. The number of hydrogen-bond acceptors (Lipinski definition) is 5. The number of carbonyl (C=O) groups excluding carboxylic acids is 2. The molecule has 1 aliphatic rings. The molecule has 0 bridgehead atoms. The first kappa shape index (κ1) is 21.8. The van der Waals surface area contributed by atoms with E-state index in [-0.39, 0.29) is 17.4 Å². The number of amides is 2. The number of benzene rings is 1. The Bertz CT molecular complexity index is 681. The maximum atomic E-state index is 12.9. The van der Waals surface area contributed by atoms with Gasteiger partial charge in [-0.25, -0.2) is 0 Å². The van der Waals surface area contributed by atoms with Gasteiger partial charge in [0, 0.05) is 11.1 Å². The lowest BCUT2D eigenvalue weighted by molar-refractivity contribution is -0.896. The van der Waals surface area contributed by atoms with E-state index in [4.69, 9.17) is 14.2 Å². The highest BCUT2D eigenvalue weighted by Gasteiger charge is 2.28. The van der Waals surface area contributed by atoms with Gasteiger partial charge in [0.05, 0.1) is 47.5 Å². The van der Waals surface area contributed by atoms with E-state index in [9.17, 15) is 9.59 Å². The summed E-state index contributed by atoms with van der Waals surface area (Å²) >= 11 is 0. The van der Waals surface area contributed by atoms with Crippen molar-refractivity contribution in [2.24, 2.45) is 0 Å². The van der Waals surface area contributed by atoms with Crippen molar-refractivity contribution in [2.45, 2.75) is 26.3 Å². The van der Waals surface area contributed by atoms with Crippen LogP contribution in [0.3, 0.4) is 0 Å². The molecule has 2 amide bonds. The van der Waals surface area contributed by atoms with Gasteiger partial charge in [-0.15, -0.1) is 0 Å². The normalized spacial score (nSPS) is 15.1. The van der Waals surface area contributed by atoms with Crippen molar-refractivity contribution < 1.29 is 28.7 Å². The van der Waals surface area contributed by atoms with Crippen molar-refractivity contribution in [2.75, 3.05) is 54.1 Å². The molecular weight excluding hydrogens is 362 g/mol. The number of carbonyl (C=O) groups is 2. The van der Waals surface area contributed by atoms with Gasteiger partial charge in [-0.05, 0) is 32.9 Å². The number of methoxy groups -OCH3 is 3. The number of hydrogen-bond donors (Lipinski definition) is 2. The van der Waals surface area contributed by atoms with Gasteiger partial charge in [-0.1, -0.05) is 0 Å². The van der Waals surface area contributed by atoms with Crippen LogP contribution < -0.4 is 24.4 Å². The molecule has 1 aromatic carbocycles. The van der Waals surface area contributed by atoms with Crippen molar-refractivity contribution in [1.29, 1.82) is 0 Å². The summed E-state index contributed by atoms with van der Waals surface area (Å²) in [6, 6.07) is 3.33. The van der Waals surface area contributed by atoms with Crippen LogP contribution in [-0.4, -0.2) is 76.3 Å². The molecule has 8 nitrogen and oxygen atoms in total. The number of ether oxygens (including phenoxy) is 3. The minimum atomic E-state index is -0.235. The van der Waals surface area contributed by atoms with Gasteiger partial charge in [0.25, 0.3) is 11.8 Å². The number of rotatable bonds is 6. The Labute approximate surface area is 166 Å². The van der Waals surface area contributed by atoms with Gasteiger partial charge in [-0.2, -0.15) is 0 Å². The Balaban J connectivity index is 2.01. The van der Waals surface area contributed by atoms with Crippen molar-refractivity contribution in [1.82, 2.24) is 10.2 Å². The molecule has 28 heavy (non-hydrogen) atoms. The molecule has 0 spiro atoms. The van der Waals surface area contributed by atoms with E-state index in [0.29, 0.717) is 42.4 Å². The predicted octanol–water partition coefficient (Wildman–Crippen LogP) is -0.0322. The van der Waals surface area contributed by atoms with Gasteiger partial charge in [-0.3, -0.25) is 9.59 Å². The molecule has 2 rings (SSSR count). The van der Waals surface area contributed by atoms with Crippen molar-refractivity contribution in [3.8, 4) is 17.2 Å². The minimum Gasteiger partial charge on any atom is -0.493 e. The number of nitrogens with zero attached hydrogens (tertiary/aromatic N) is 1. The highest BCUT2D eigenvalue weighted by molar-refractivity contribution is 5.95. The minimum absolute atomic E-state index is 0.0342. The van der Waals surface area contributed by atoms with Crippen LogP contribution in [0, 0.1) is 0 Å². The fourth-order valence-electron chi connectivity index (χ4n) is 3.28. The molecule has 1 fully saturated rings. The molecule has 1 saturated heterocycles. The Morgan fingerprint density at radius 2 is 1.57 bits per heavy atom. The van der Waals surface area contributed by atoms with Crippen molar-refractivity contribution in [3.05, 3.63) is 17.7 Å². The molecule has 0 aliphatic carbocycles. The molecule has 156 valence electrons. The predicted molar refractivity (Wildman–Crippen MR) is 105 cm³/mol. The lowest BCUT2D eigenvalue weighted by Gasteiger charge is -2.32. The summed E-state index contributed by atoms with van der Waals surface area (Å²) in [5.74, 6) is 1.31. The zero-order chi connectivity index (χ0) is 20.9. The average molecular weight is 394 g/mol. The summed E-state index contributed by atoms with van der Waals surface area (Å²) in [5, 5.41) is 2.98. The van der Waals surface area contributed by atoms with E-state index in [0.717, 1.165) is 13.1 Å². The highest BCUT2D eigenvalue weighted by Crippen LogP contribution is 2.38. The van der Waals surface area contributed by atoms with E-state index in [1.54, 1.807) is 17.0 Å². The van der Waals surface area contributed by atoms with Gasteiger partial charge in [0.2, 0.25) is 5.75 Å².